The summed E-state index contributed by atoms with van der Waals surface area (Å²) >= 11 is 5.75. The summed E-state index contributed by atoms with van der Waals surface area (Å²) < 4.78 is 5.20. The van der Waals surface area contributed by atoms with E-state index in [0.29, 0.717) is 26.2 Å². The van der Waals surface area contributed by atoms with Crippen molar-refractivity contribution in [2.45, 2.75) is 33.2 Å². The number of rotatable bonds is 10. The summed E-state index contributed by atoms with van der Waals surface area (Å²) in [6.07, 6.45) is 0.668. The molecule has 0 saturated heterocycles. The van der Waals surface area contributed by atoms with E-state index in [4.69, 9.17) is 16.3 Å². The fraction of sp³-hybridized carbons (Fsp3) is 0.529. The normalized spacial score (nSPS) is 11.9. The maximum atomic E-state index is 12.4. The summed E-state index contributed by atoms with van der Waals surface area (Å²) in [5, 5.41) is 16.3. The molecule has 2 N–H and O–H groups in total. The molecule has 0 aliphatic carbocycles. The van der Waals surface area contributed by atoms with Crippen LogP contribution < -0.4 is 10.6 Å². The smallest absolute Gasteiger partial charge is 0.288 e. The van der Waals surface area contributed by atoms with E-state index in [2.05, 4.69) is 10.6 Å². The molecule has 0 aromatic heterocycles. The molecule has 0 heterocycles. The van der Waals surface area contributed by atoms with Crippen LogP contribution >= 0.6 is 11.6 Å². The lowest BCUT2D eigenvalue weighted by atomic mass is 10.0. The number of nitro groups is 1. The molecule has 144 valence electrons. The van der Waals surface area contributed by atoms with Crippen molar-refractivity contribution in [1.29, 1.82) is 0 Å². The van der Waals surface area contributed by atoms with Gasteiger partial charge in [-0.15, -0.1) is 0 Å². The number of carbonyl (C=O) groups excluding carboxylic acids is 2. The summed E-state index contributed by atoms with van der Waals surface area (Å²) in [6, 6.07) is 2.99. The highest BCUT2D eigenvalue weighted by Crippen LogP contribution is 2.25. The molecular weight excluding hydrogens is 362 g/mol. The van der Waals surface area contributed by atoms with E-state index in [1.54, 1.807) is 13.8 Å². The summed E-state index contributed by atoms with van der Waals surface area (Å²) in [5.74, 6) is -1.05. The van der Waals surface area contributed by atoms with E-state index in [0.717, 1.165) is 6.07 Å². The molecule has 1 rings (SSSR count). The first kappa shape index (κ1) is 21.9. The number of nitrogens with one attached hydrogen (secondary N) is 2. The zero-order valence-corrected chi connectivity index (χ0v) is 15.8. The fourth-order valence-corrected chi connectivity index (χ4v) is 2.38. The first-order valence-electron chi connectivity index (χ1n) is 8.38. The van der Waals surface area contributed by atoms with Crippen LogP contribution in [0, 0.1) is 16.0 Å². The molecule has 0 fully saturated rings. The van der Waals surface area contributed by atoms with Crippen LogP contribution in [0.25, 0.3) is 0 Å². The maximum Gasteiger partial charge on any atom is 0.288 e. The summed E-state index contributed by atoms with van der Waals surface area (Å²) in [7, 11) is 0. The van der Waals surface area contributed by atoms with E-state index >= 15 is 0 Å². The van der Waals surface area contributed by atoms with Crippen LogP contribution in [0.3, 0.4) is 0 Å². The SMILES string of the molecule is CCOCCCNC(=O)[C@H](NC(=O)c1ccc(Cl)c([N+](=O)[O-])c1)C(C)C. The second-order valence-corrected chi connectivity index (χ2v) is 6.37. The second-order valence-electron chi connectivity index (χ2n) is 5.96. The van der Waals surface area contributed by atoms with Gasteiger partial charge in [-0.1, -0.05) is 25.4 Å². The lowest BCUT2D eigenvalue weighted by Gasteiger charge is -2.21. The molecule has 2 amide bonds. The number of benzene rings is 1. The fourth-order valence-electron chi connectivity index (χ4n) is 2.19. The quantitative estimate of drug-likeness (QED) is 0.365. The molecule has 0 saturated carbocycles. The highest BCUT2D eigenvalue weighted by molar-refractivity contribution is 6.32. The van der Waals surface area contributed by atoms with Crippen LogP contribution in [0.4, 0.5) is 5.69 Å². The first-order chi connectivity index (χ1) is 12.3. The van der Waals surface area contributed by atoms with Gasteiger partial charge in [0.25, 0.3) is 11.6 Å². The number of ether oxygens (including phenoxy) is 1. The van der Waals surface area contributed by atoms with Gasteiger partial charge in [0.1, 0.15) is 11.1 Å². The molecular formula is C17H24ClN3O5. The molecule has 0 unspecified atom stereocenters. The molecule has 0 spiro atoms. The van der Waals surface area contributed by atoms with Gasteiger partial charge < -0.3 is 15.4 Å². The van der Waals surface area contributed by atoms with Crippen molar-refractivity contribution >= 4 is 29.1 Å². The molecule has 0 aliphatic rings. The van der Waals surface area contributed by atoms with E-state index in [1.807, 2.05) is 6.92 Å². The van der Waals surface area contributed by atoms with Gasteiger partial charge in [-0.05, 0) is 31.4 Å². The Labute approximate surface area is 157 Å². The summed E-state index contributed by atoms with van der Waals surface area (Å²) in [6.45, 7) is 7.09. The van der Waals surface area contributed by atoms with Gasteiger partial charge in [-0.25, -0.2) is 0 Å². The Bertz CT molecular complexity index is 651. The molecule has 9 heteroatoms. The van der Waals surface area contributed by atoms with Gasteiger partial charge in [0.05, 0.1) is 4.92 Å². The molecule has 8 nitrogen and oxygen atoms in total. The van der Waals surface area contributed by atoms with Gasteiger partial charge in [0.15, 0.2) is 0 Å². The van der Waals surface area contributed by atoms with Crippen molar-refractivity contribution in [3.63, 3.8) is 0 Å². The lowest BCUT2D eigenvalue weighted by molar-refractivity contribution is -0.384. The monoisotopic (exact) mass is 385 g/mol. The Morgan fingerprint density at radius 1 is 1.35 bits per heavy atom. The standard InChI is InChI=1S/C17H24ClN3O5/c1-4-26-9-5-8-19-17(23)15(11(2)3)20-16(22)12-6-7-13(18)14(10-12)21(24)25/h6-7,10-11,15H,4-5,8-9H2,1-3H3,(H,19,23)(H,20,22)/t15-/m1/s1. The van der Waals surface area contributed by atoms with Gasteiger partial charge in [0.2, 0.25) is 5.91 Å². The first-order valence-corrected chi connectivity index (χ1v) is 8.76. The van der Waals surface area contributed by atoms with Crippen LogP contribution in [0.15, 0.2) is 18.2 Å². The average Bonchev–Trinajstić information content (AvgIpc) is 2.58. The molecule has 1 atom stereocenters. The predicted octanol–water partition coefficient (Wildman–Crippen LogP) is 2.55. The Hall–Kier alpha value is -2.19. The minimum atomic E-state index is -0.760. The third kappa shape index (κ3) is 6.61. The average molecular weight is 386 g/mol. The molecule has 1 aromatic rings. The van der Waals surface area contributed by atoms with Gasteiger partial charge in [-0.3, -0.25) is 19.7 Å². The molecule has 0 aliphatic heterocycles. The van der Waals surface area contributed by atoms with Crippen molar-refractivity contribution in [3.05, 3.63) is 38.9 Å². The van der Waals surface area contributed by atoms with Crippen molar-refractivity contribution in [2.75, 3.05) is 19.8 Å². The summed E-state index contributed by atoms with van der Waals surface area (Å²) in [4.78, 5) is 35.0. The van der Waals surface area contributed by atoms with Gasteiger partial charge >= 0.3 is 0 Å². The van der Waals surface area contributed by atoms with Crippen LogP contribution in [-0.2, 0) is 9.53 Å². The Kier molecular flexibility index (Phi) is 9.01. The topological polar surface area (TPSA) is 111 Å². The number of nitrogens with zero attached hydrogens (tertiary/aromatic N) is 1. The van der Waals surface area contributed by atoms with Crippen LogP contribution in [0.1, 0.15) is 37.6 Å². The van der Waals surface area contributed by atoms with E-state index in [-0.39, 0.29) is 28.1 Å². The van der Waals surface area contributed by atoms with Crippen molar-refractivity contribution in [3.8, 4) is 0 Å². The minimum absolute atomic E-state index is 0.0565. The zero-order chi connectivity index (χ0) is 19.7. The Morgan fingerprint density at radius 3 is 2.62 bits per heavy atom. The van der Waals surface area contributed by atoms with Crippen molar-refractivity contribution in [1.82, 2.24) is 10.6 Å². The maximum absolute atomic E-state index is 12.4. The number of nitro benzene ring substituents is 1. The van der Waals surface area contributed by atoms with Crippen LogP contribution in [0.5, 0.6) is 0 Å². The molecule has 0 radical (unpaired) electrons. The largest absolute Gasteiger partial charge is 0.382 e. The number of halogens is 1. The second kappa shape index (κ2) is 10.7. The van der Waals surface area contributed by atoms with Crippen molar-refractivity contribution in [2.24, 2.45) is 5.92 Å². The van der Waals surface area contributed by atoms with E-state index in [9.17, 15) is 19.7 Å². The third-order valence-corrected chi connectivity index (χ3v) is 3.93. The Balaban J connectivity index is 2.74. The lowest BCUT2D eigenvalue weighted by Crippen LogP contribution is -2.50. The molecule has 0 bridgehead atoms. The van der Waals surface area contributed by atoms with Gasteiger partial charge in [-0.2, -0.15) is 0 Å². The van der Waals surface area contributed by atoms with Crippen molar-refractivity contribution < 1.29 is 19.2 Å². The third-order valence-electron chi connectivity index (χ3n) is 3.61. The highest BCUT2D eigenvalue weighted by Gasteiger charge is 2.25. The van der Waals surface area contributed by atoms with E-state index in [1.165, 1.54) is 12.1 Å². The van der Waals surface area contributed by atoms with Gasteiger partial charge in [0, 0.05) is 31.4 Å². The van der Waals surface area contributed by atoms with E-state index < -0.39 is 16.9 Å². The molecule has 1 aromatic carbocycles. The number of carbonyl (C=O) groups is 2. The zero-order valence-electron chi connectivity index (χ0n) is 15.1. The number of hydrogen-bond acceptors (Lipinski definition) is 5. The number of hydrogen-bond donors (Lipinski definition) is 2. The minimum Gasteiger partial charge on any atom is -0.382 e. The Morgan fingerprint density at radius 2 is 2.04 bits per heavy atom. The highest BCUT2D eigenvalue weighted by atomic mass is 35.5. The van der Waals surface area contributed by atoms with Crippen LogP contribution in [0.2, 0.25) is 5.02 Å². The predicted molar refractivity (Wildman–Crippen MR) is 98.3 cm³/mol. The summed E-state index contributed by atoms with van der Waals surface area (Å²) in [5.41, 5.74) is -0.295. The van der Waals surface area contributed by atoms with Crippen LogP contribution in [-0.4, -0.2) is 42.5 Å². The number of amides is 2. The molecule has 26 heavy (non-hydrogen) atoms.